The Morgan fingerprint density at radius 2 is 1.91 bits per heavy atom. The van der Waals surface area contributed by atoms with Crippen LogP contribution in [0.4, 0.5) is 11.4 Å². The Labute approximate surface area is 125 Å². The fourth-order valence-electron chi connectivity index (χ4n) is 2.06. The molecule has 0 unspecified atom stereocenters. The van der Waals surface area contributed by atoms with Crippen molar-refractivity contribution in [2.24, 2.45) is 0 Å². The standard InChI is InChI=1S/C13H14N4O5/c18-9-15-4-6-16(7-5-15)13(20)12(19)14-10-2-1-3-11(8-10)17(21)22/h1-3,8-9H,4-7H2,(H,14,19). The van der Waals surface area contributed by atoms with Gasteiger partial charge in [0.1, 0.15) is 0 Å². The number of carbonyl (C=O) groups excluding carboxylic acids is 3. The number of piperazine rings is 1. The van der Waals surface area contributed by atoms with E-state index in [1.54, 1.807) is 0 Å². The fraction of sp³-hybridized carbons (Fsp3) is 0.308. The van der Waals surface area contributed by atoms with Crippen molar-refractivity contribution in [1.82, 2.24) is 9.80 Å². The van der Waals surface area contributed by atoms with Gasteiger partial charge in [0, 0.05) is 44.0 Å². The van der Waals surface area contributed by atoms with Gasteiger partial charge in [-0.05, 0) is 6.07 Å². The number of hydrogen-bond donors (Lipinski definition) is 1. The van der Waals surface area contributed by atoms with Gasteiger partial charge in [0.05, 0.1) is 4.92 Å². The van der Waals surface area contributed by atoms with Crippen LogP contribution in [0.2, 0.25) is 0 Å². The first kappa shape index (κ1) is 15.4. The second-order valence-electron chi connectivity index (χ2n) is 4.70. The topological polar surface area (TPSA) is 113 Å². The van der Waals surface area contributed by atoms with Crippen molar-refractivity contribution in [2.45, 2.75) is 0 Å². The molecule has 9 heteroatoms. The molecule has 0 saturated carbocycles. The molecule has 1 heterocycles. The van der Waals surface area contributed by atoms with Crippen LogP contribution in [0.25, 0.3) is 0 Å². The van der Waals surface area contributed by atoms with Crippen LogP contribution in [-0.4, -0.2) is 59.1 Å². The van der Waals surface area contributed by atoms with Crippen molar-refractivity contribution in [1.29, 1.82) is 0 Å². The van der Waals surface area contributed by atoms with E-state index < -0.39 is 16.7 Å². The SMILES string of the molecule is O=CN1CCN(C(=O)C(=O)Nc2cccc([N+](=O)[O-])c2)CC1. The van der Waals surface area contributed by atoms with E-state index in [0.717, 1.165) is 0 Å². The van der Waals surface area contributed by atoms with Crippen LogP contribution < -0.4 is 5.32 Å². The summed E-state index contributed by atoms with van der Waals surface area (Å²) >= 11 is 0. The Morgan fingerprint density at radius 3 is 2.50 bits per heavy atom. The fourth-order valence-corrected chi connectivity index (χ4v) is 2.06. The van der Waals surface area contributed by atoms with Gasteiger partial charge >= 0.3 is 11.8 Å². The van der Waals surface area contributed by atoms with E-state index in [1.165, 1.54) is 34.1 Å². The van der Waals surface area contributed by atoms with Gasteiger partial charge in [0.2, 0.25) is 6.41 Å². The van der Waals surface area contributed by atoms with Crippen LogP contribution in [0.3, 0.4) is 0 Å². The number of hydrogen-bond acceptors (Lipinski definition) is 5. The normalized spacial score (nSPS) is 14.4. The highest BCUT2D eigenvalue weighted by molar-refractivity contribution is 6.39. The highest BCUT2D eigenvalue weighted by Gasteiger charge is 2.25. The zero-order valence-corrected chi connectivity index (χ0v) is 11.6. The van der Waals surface area contributed by atoms with Crippen molar-refractivity contribution in [3.63, 3.8) is 0 Å². The average molecular weight is 306 g/mol. The molecule has 1 N–H and O–H groups in total. The lowest BCUT2D eigenvalue weighted by Gasteiger charge is -2.31. The molecular weight excluding hydrogens is 292 g/mol. The van der Waals surface area contributed by atoms with Gasteiger partial charge in [0.25, 0.3) is 5.69 Å². The Bertz CT molecular complexity index is 610. The lowest BCUT2D eigenvalue weighted by atomic mass is 10.2. The second kappa shape index (κ2) is 6.66. The summed E-state index contributed by atoms with van der Waals surface area (Å²) < 4.78 is 0. The molecule has 9 nitrogen and oxygen atoms in total. The Morgan fingerprint density at radius 1 is 1.23 bits per heavy atom. The van der Waals surface area contributed by atoms with E-state index in [4.69, 9.17) is 0 Å². The second-order valence-corrected chi connectivity index (χ2v) is 4.70. The zero-order valence-electron chi connectivity index (χ0n) is 11.6. The summed E-state index contributed by atoms with van der Waals surface area (Å²) in [6, 6.07) is 5.34. The zero-order chi connectivity index (χ0) is 16.1. The van der Waals surface area contributed by atoms with Crippen LogP contribution in [0.15, 0.2) is 24.3 Å². The molecular formula is C13H14N4O5. The summed E-state index contributed by atoms with van der Waals surface area (Å²) in [5, 5.41) is 13.0. The molecule has 0 atom stereocenters. The third-order valence-corrected chi connectivity index (χ3v) is 3.26. The van der Waals surface area contributed by atoms with E-state index in [-0.39, 0.29) is 24.5 Å². The van der Waals surface area contributed by atoms with E-state index in [2.05, 4.69) is 5.32 Å². The van der Waals surface area contributed by atoms with Crippen LogP contribution >= 0.6 is 0 Å². The number of nitro benzene ring substituents is 1. The molecule has 1 aliphatic rings. The van der Waals surface area contributed by atoms with E-state index in [0.29, 0.717) is 19.5 Å². The Balaban J connectivity index is 1.97. The first-order chi connectivity index (χ1) is 10.5. The van der Waals surface area contributed by atoms with Crippen LogP contribution in [0, 0.1) is 10.1 Å². The minimum Gasteiger partial charge on any atom is -0.342 e. The highest BCUT2D eigenvalue weighted by atomic mass is 16.6. The number of nitrogens with one attached hydrogen (secondary N) is 1. The minimum absolute atomic E-state index is 0.176. The minimum atomic E-state index is -0.861. The number of non-ortho nitro benzene ring substituents is 1. The number of carbonyl (C=O) groups is 3. The summed E-state index contributed by atoms with van der Waals surface area (Å²) in [6.45, 7) is 1.30. The summed E-state index contributed by atoms with van der Waals surface area (Å²) in [4.78, 5) is 47.4. The average Bonchev–Trinajstić information content (AvgIpc) is 2.54. The molecule has 2 rings (SSSR count). The number of amides is 3. The maximum absolute atomic E-state index is 12.0. The van der Waals surface area contributed by atoms with Gasteiger partial charge in [-0.15, -0.1) is 0 Å². The number of nitrogens with zero attached hydrogens (tertiary/aromatic N) is 3. The lowest BCUT2D eigenvalue weighted by Crippen LogP contribution is -2.51. The monoisotopic (exact) mass is 306 g/mol. The van der Waals surface area contributed by atoms with Crippen LogP contribution in [0.1, 0.15) is 0 Å². The number of rotatable bonds is 3. The third-order valence-electron chi connectivity index (χ3n) is 3.26. The van der Waals surface area contributed by atoms with Crippen LogP contribution in [-0.2, 0) is 14.4 Å². The number of anilines is 1. The van der Waals surface area contributed by atoms with Crippen molar-refractivity contribution >= 4 is 29.6 Å². The Hall–Kier alpha value is -2.97. The van der Waals surface area contributed by atoms with Crippen molar-refractivity contribution in [3.8, 4) is 0 Å². The summed E-state index contributed by atoms with van der Waals surface area (Å²) in [6.07, 6.45) is 0.699. The first-order valence-corrected chi connectivity index (χ1v) is 6.55. The molecule has 1 fully saturated rings. The van der Waals surface area contributed by atoms with Gasteiger partial charge in [-0.25, -0.2) is 0 Å². The van der Waals surface area contributed by atoms with Crippen molar-refractivity contribution < 1.29 is 19.3 Å². The molecule has 1 saturated heterocycles. The van der Waals surface area contributed by atoms with Crippen molar-refractivity contribution in [2.75, 3.05) is 31.5 Å². The molecule has 1 aromatic rings. The highest BCUT2D eigenvalue weighted by Crippen LogP contribution is 2.17. The Kier molecular flexibility index (Phi) is 4.66. The predicted octanol–water partition coefficient (Wildman–Crippen LogP) is -0.166. The third kappa shape index (κ3) is 3.57. The lowest BCUT2D eigenvalue weighted by molar-refractivity contribution is -0.384. The molecule has 0 spiro atoms. The summed E-state index contributed by atoms with van der Waals surface area (Å²) in [5.41, 5.74) is 0.00363. The van der Waals surface area contributed by atoms with E-state index in [1.807, 2.05) is 0 Å². The molecule has 0 aromatic heterocycles. The van der Waals surface area contributed by atoms with Crippen LogP contribution in [0.5, 0.6) is 0 Å². The van der Waals surface area contributed by atoms with Gasteiger partial charge < -0.3 is 15.1 Å². The van der Waals surface area contributed by atoms with Gasteiger partial charge in [-0.2, -0.15) is 0 Å². The largest absolute Gasteiger partial charge is 0.342 e. The number of benzene rings is 1. The summed E-state index contributed by atoms with van der Waals surface area (Å²) in [7, 11) is 0. The van der Waals surface area contributed by atoms with E-state index >= 15 is 0 Å². The molecule has 1 aliphatic heterocycles. The molecule has 3 amide bonds. The van der Waals surface area contributed by atoms with E-state index in [9.17, 15) is 24.5 Å². The molecule has 22 heavy (non-hydrogen) atoms. The molecule has 116 valence electrons. The maximum atomic E-state index is 12.0. The van der Waals surface area contributed by atoms with Gasteiger partial charge in [-0.3, -0.25) is 24.5 Å². The molecule has 0 aliphatic carbocycles. The quantitative estimate of drug-likeness (QED) is 0.360. The molecule has 1 aromatic carbocycles. The predicted molar refractivity (Wildman–Crippen MR) is 75.9 cm³/mol. The maximum Gasteiger partial charge on any atom is 0.313 e. The molecule has 0 radical (unpaired) electrons. The van der Waals surface area contributed by atoms with Gasteiger partial charge in [-0.1, -0.05) is 6.07 Å². The molecule has 0 bridgehead atoms. The van der Waals surface area contributed by atoms with Gasteiger partial charge in [0.15, 0.2) is 0 Å². The summed E-state index contributed by atoms with van der Waals surface area (Å²) in [5.74, 6) is -1.59. The first-order valence-electron chi connectivity index (χ1n) is 6.55. The number of nitro groups is 1. The van der Waals surface area contributed by atoms with Crippen molar-refractivity contribution in [3.05, 3.63) is 34.4 Å². The smallest absolute Gasteiger partial charge is 0.313 e.